The number of hydrogen-bond acceptors (Lipinski definition) is 3. The van der Waals surface area contributed by atoms with Gasteiger partial charge in [0.05, 0.1) is 11.4 Å². The van der Waals surface area contributed by atoms with E-state index in [0.717, 1.165) is 29.2 Å². The van der Waals surface area contributed by atoms with Gasteiger partial charge in [-0.2, -0.15) is 0 Å². The Morgan fingerprint density at radius 2 is 1.76 bits per heavy atom. The lowest BCUT2D eigenvalue weighted by molar-refractivity contribution is -0.115. The average molecular weight is 376 g/mol. The van der Waals surface area contributed by atoms with Crippen LogP contribution < -0.4 is 10.1 Å². The Hall–Kier alpha value is -1.65. The van der Waals surface area contributed by atoms with Gasteiger partial charge in [-0.25, -0.2) is 0 Å². The Labute approximate surface area is 158 Å². The first kappa shape index (κ1) is 18.2. The van der Waals surface area contributed by atoms with Gasteiger partial charge in [-0.15, -0.1) is 11.8 Å². The summed E-state index contributed by atoms with van der Waals surface area (Å²) in [5.41, 5.74) is 0.785. The maximum absolute atomic E-state index is 12.4. The smallest absolute Gasteiger partial charge is 0.237 e. The number of halogens is 1. The lowest BCUT2D eigenvalue weighted by atomic mass is 10.2. The molecule has 0 unspecified atom stereocenters. The highest BCUT2D eigenvalue weighted by Gasteiger charge is 2.17. The molecule has 0 spiro atoms. The van der Waals surface area contributed by atoms with Crippen LogP contribution in [0.4, 0.5) is 5.69 Å². The van der Waals surface area contributed by atoms with Gasteiger partial charge in [-0.3, -0.25) is 4.79 Å². The molecule has 0 bridgehead atoms. The molecule has 1 aliphatic carbocycles. The Bertz CT molecular complexity index is 697. The van der Waals surface area contributed by atoms with E-state index in [4.69, 9.17) is 16.3 Å². The molecule has 0 aromatic heterocycles. The molecule has 0 saturated heterocycles. The van der Waals surface area contributed by atoms with E-state index >= 15 is 0 Å². The number of carbonyl (C=O) groups is 1. The quantitative estimate of drug-likeness (QED) is 0.650. The summed E-state index contributed by atoms with van der Waals surface area (Å²) in [4.78, 5) is 13.4. The number of carbonyl (C=O) groups excluding carboxylic acids is 1. The maximum Gasteiger partial charge on any atom is 0.237 e. The summed E-state index contributed by atoms with van der Waals surface area (Å²) in [6.45, 7) is 1.90. The van der Waals surface area contributed by atoms with E-state index in [1.807, 2.05) is 55.5 Å². The molecular weight excluding hydrogens is 354 g/mol. The van der Waals surface area contributed by atoms with E-state index in [9.17, 15) is 4.79 Å². The minimum atomic E-state index is -0.199. The molecule has 132 valence electrons. The first-order valence-electron chi connectivity index (χ1n) is 8.60. The van der Waals surface area contributed by atoms with E-state index in [0.29, 0.717) is 11.1 Å². The maximum atomic E-state index is 12.4. The number of nitrogens with one attached hydrogen (secondary N) is 1. The molecule has 0 heterocycles. The zero-order valence-electron chi connectivity index (χ0n) is 14.2. The number of ether oxygens (including phenoxy) is 1. The number of hydrogen-bond donors (Lipinski definition) is 1. The van der Waals surface area contributed by atoms with Crippen molar-refractivity contribution < 1.29 is 9.53 Å². The summed E-state index contributed by atoms with van der Waals surface area (Å²) in [5.74, 6) is 0.845. The van der Waals surface area contributed by atoms with E-state index < -0.39 is 0 Å². The highest BCUT2D eigenvalue weighted by Crippen LogP contribution is 2.27. The molecule has 1 saturated carbocycles. The Balaban J connectivity index is 1.51. The Morgan fingerprint density at radius 1 is 1.12 bits per heavy atom. The number of anilines is 1. The van der Waals surface area contributed by atoms with Crippen molar-refractivity contribution in [1.29, 1.82) is 0 Å². The van der Waals surface area contributed by atoms with Gasteiger partial charge in [0.2, 0.25) is 5.91 Å². The lowest BCUT2D eigenvalue weighted by Crippen LogP contribution is -2.22. The van der Waals surface area contributed by atoms with Crippen LogP contribution in [-0.4, -0.2) is 17.3 Å². The number of amides is 1. The fourth-order valence-electron chi connectivity index (χ4n) is 2.83. The predicted octanol–water partition coefficient (Wildman–Crippen LogP) is 5.78. The molecule has 3 nitrogen and oxygen atoms in total. The lowest BCUT2D eigenvalue weighted by Gasteiger charge is -2.14. The highest BCUT2D eigenvalue weighted by molar-refractivity contribution is 8.00. The molecule has 1 fully saturated rings. The summed E-state index contributed by atoms with van der Waals surface area (Å²) >= 11 is 7.39. The number of rotatable bonds is 6. The molecule has 3 rings (SSSR count). The van der Waals surface area contributed by atoms with Crippen LogP contribution in [0, 0.1) is 0 Å². The SMILES string of the molecule is C[C@H](Sc1ccc(Cl)cc1)C(=O)Nc1ccc(OC2CCCC2)cc1. The normalized spacial score (nSPS) is 15.8. The van der Waals surface area contributed by atoms with Crippen molar-refractivity contribution in [3.05, 3.63) is 53.6 Å². The largest absolute Gasteiger partial charge is 0.490 e. The minimum absolute atomic E-state index is 0.0237. The van der Waals surface area contributed by atoms with Crippen LogP contribution in [0.15, 0.2) is 53.4 Å². The Morgan fingerprint density at radius 3 is 2.40 bits per heavy atom. The molecule has 1 N–H and O–H groups in total. The first-order valence-corrected chi connectivity index (χ1v) is 9.86. The molecule has 2 aromatic carbocycles. The minimum Gasteiger partial charge on any atom is -0.490 e. The first-order chi connectivity index (χ1) is 12.1. The molecule has 1 aliphatic rings. The van der Waals surface area contributed by atoms with Gasteiger partial charge in [0, 0.05) is 15.6 Å². The van der Waals surface area contributed by atoms with E-state index in [1.54, 1.807) is 0 Å². The number of thioether (sulfide) groups is 1. The van der Waals surface area contributed by atoms with Crippen molar-refractivity contribution in [2.45, 2.75) is 48.9 Å². The van der Waals surface area contributed by atoms with Crippen LogP contribution in [0.3, 0.4) is 0 Å². The average Bonchev–Trinajstić information content (AvgIpc) is 3.11. The third-order valence-corrected chi connectivity index (χ3v) is 5.59. The van der Waals surface area contributed by atoms with E-state index in [2.05, 4.69) is 5.32 Å². The third-order valence-electron chi connectivity index (χ3n) is 4.22. The second-order valence-electron chi connectivity index (χ2n) is 6.25. The topological polar surface area (TPSA) is 38.3 Å². The molecule has 1 atom stereocenters. The summed E-state index contributed by atoms with van der Waals surface area (Å²) in [5, 5.41) is 3.45. The molecule has 0 aliphatic heterocycles. The van der Waals surface area contributed by atoms with Crippen molar-refractivity contribution in [1.82, 2.24) is 0 Å². The van der Waals surface area contributed by atoms with Crippen LogP contribution in [0.1, 0.15) is 32.6 Å². The van der Waals surface area contributed by atoms with Crippen molar-refractivity contribution in [2.24, 2.45) is 0 Å². The molecule has 0 radical (unpaired) electrons. The van der Waals surface area contributed by atoms with Gasteiger partial charge >= 0.3 is 0 Å². The predicted molar refractivity (Wildman–Crippen MR) is 105 cm³/mol. The molecule has 25 heavy (non-hydrogen) atoms. The number of benzene rings is 2. The monoisotopic (exact) mass is 375 g/mol. The van der Waals surface area contributed by atoms with Crippen LogP contribution in [0.2, 0.25) is 5.02 Å². The zero-order valence-corrected chi connectivity index (χ0v) is 15.8. The van der Waals surface area contributed by atoms with Gasteiger partial charge in [-0.1, -0.05) is 11.6 Å². The van der Waals surface area contributed by atoms with Gasteiger partial charge < -0.3 is 10.1 Å². The van der Waals surface area contributed by atoms with Crippen LogP contribution in [0.25, 0.3) is 0 Å². The fourth-order valence-corrected chi connectivity index (χ4v) is 3.82. The highest BCUT2D eigenvalue weighted by atomic mass is 35.5. The summed E-state index contributed by atoms with van der Waals surface area (Å²) < 4.78 is 5.94. The van der Waals surface area contributed by atoms with E-state index in [1.165, 1.54) is 24.6 Å². The second-order valence-corrected chi connectivity index (χ2v) is 8.10. The van der Waals surface area contributed by atoms with Crippen molar-refractivity contribution in [3.63, 3.8) is 0 Å². The third kappa shape index (κ3) is 5.41. The van der Waals surface area contributed by atoms with Crippen molar-refractivity contribution in [3.8, 4) is 5.75 Å². The standard InChI is InChI=1S/C20H22ClNO2S/c1-14(25-19-12-6-15(21)7-13-19)20(23)22-16-8-10-18(11-9-16)24-17-4-2-3-5-17/h6-14,17H,2-5H2,1H3,(H,22,23)/t14-/m0/s1. The molecule has 2 aromatic rings. The molecular formula is C20H22ClNO2S. The van der Waals surface area contributed by atoms with Crippen LogP contribution in [-0.2, 0) is 4.79 Å². The summed E-state index contributed by atoms with van der Waals surface area (Å²) in [6.07, 6.45) is 5.12. The molecule has 5 heteroatoms. The summed E-state index contributed by atoms with van der Waals surface area (Å²) in [6, 6.07) is 15.1. The van der Waals surface area contributed by atoms with Gasteiger partial charge in [-0.05, 0) is 81.1 Å². The second kappa shape index (κ2) is 8.63. The fraction of sp³-hybridized carbons (Fsp3) is 0.350. The van der Waals surface area contributed by atoms with Gasteiger partial charge in [0.1, 0.15) is 5.75 Å². The van der Waals surface area contributed by atoms with Crippen molar-refractivity contribution >= 4 is 35.0 Å². The van der Waals surface area contributed by atoms with Gasteiger partial charge in [0.25, 0.3) is 0 Å². The Kier molecular flexibility index (Phi) is 6.27. The summed E-state index contributed by atoms with van der Waals surface area (Å²) in [7, 11) is 0. The van der Waals surface area contributed by atoms with Gasteiger partial charge in [0.15, 0.2) is 0 Å². The zero-order chi connectivity index (χ0) is 17.6. The van der Waals surface area contributed by atoms with Crippen LogP contribution in [0.5, 0.6) is 5.75 Å². The van der Waals surface area contributed by atoms with E-state index in [-0.39, 0.29) is 11.2 Å². The van der Waals surface area contributed by atoms with Crippen LogP contribution >= 0.6 is 23.4 Å². The molecule has 1 amide bonds. The van der Waals surface area contributed by atoms with Crippen molar-refractivity contribution in [2.75, 3.05) is 5.32 Å².